The highest BCUT2D eigenvalue weighted by Gasteiger charge is 2.31. The summed E-state index contributed by atoms with van der Waals surface area (Å²) in [7, 11) is -2.17. The number of nitrogens with zero attached hydrogens (tertiary/aromatic N) is 2. The molecule has 0 fully saturated rings. The minimum Gasteiger partial charge on any atom is -0.497 e. The molecule has 0 saturated heterocycles. The number of carbonyl (C=O) groups is 2. The first-order chi connectivity index (χ1) is 16.1. The van der Waals surface area contributed by atoms with Crippen molar-refractivity contribution in [2.24, 2.45) is 0 Å². The summed E-state index contributed by atoms with van der Waals surface area (Å²) in [5, 5.41) is 2.78. The van der Waals surface area contributed by atoms with Gasteiger partial charge in [-0.2, -0.15) is 0 Å². The molecule has 0 bridgehead atoms. The van der Waals surface area contributed by atoms with E-state index in [4.69, 9.17) is 4.74 Å². The zero-order valence-electron chi connectivity index (χ0n) is 20.6. The van der Waals surface area contributed by atoms with Gasteiger partial charge in [-0.1, -0.05) is 38.1 Å². The molecule has 0 aromatic heterocycles. The van der Waals surface area contributed by atoms with Gasteiger partial charge in [-0.3, -0.25) is 13.9 Å². The Morgan fingerprint density at radius 1 is 0.971 bits per heavy atom. The van der Waals surface area contributed by atoms with Crippen molar-refractivity contribution in [1.82, 2.24) is 10.2 Å². The fraction of sp³-hybridized carbons (Fsp3) is 0.440. The van der Waals surface area contributed by atoms with Crippen molar-refractivity contribution in [2.45, 2.75) is 46.2 Å². The molecule has 8 nitrogen and oxygen atoms in total. The second kappa shape index (κ2) is 12.4. The Hall–Kier alpha value is -3.07. The van der Waals surface area contributed by atoms with E-state index in [1.54, 1.807) is 31.4 Å². The highest BCUT2D eigenvalue weighted by molar-refractivity contribution is 7.92. The molecule has 0 aliphatic rings. The van der Waals surface area contributed by atoms with E-state index in [1.165, 1.54) is 4.90 Å². The van der Waals surface area contributed by atoms with Crippen LogP contribution in [0.4, 0.5) is 5.69 Å². The van der Waals surface area contributed by atoms with Gasteiger partial charge in [-0.15, -0.1) is 0 Å². The van der Waals surface area contributed by atoms with Gasteiger partial charge in [0.1, 0.15) is 18.3 Å². The van der Waals surface area contributed by atoms with E-state index in [2.05, 4.69) is 5.32 Å². The van der Waals surface area contributed by atoms with Gasteiger partial charge in [0, 0.05) is 13.1 Å². The van der Waals surface area contributed by atoms with E-state index < -0.39 is 28.5 Å². The first-order valence-corrected chi connectivity index (χ1v) is 13.3. The molecule has 0 saturated carbocycles. The minimum atomic E-state index is -3.74. The first kappa shape index (κ1) is 27.2. The van der Waals surface area contributed by atoms with Gasteiger partial charge in [0.2, 0.25) is 21.8 Å². The fourth-order valence-electron chi connectivity index (χ4n) is 3.65. The molecule has 2 amide bonds. The standard InChI is InChI=1S/C25H35N3O5S/c1-6-19-9-13-21(14-10-19)28(34(5,31)32)18-24(29)27(23(7-2)25(30)26-8-3)17-20-11-15-22(33-4)16-12-20/h9-16,23H,6-8,17-18H2,1-5H3,(H,26,30)/t23-/m1/s1. The van der Waals surface area contributed by atoms with Crippen LogP contribution in [0.1, 0.15) is 38.3 Å². The van der Waals surface area contributed by atoms with Crippen LogP contribution in [-0.4, -0.2) is 57.6 Å². The zero-order chi connectivity index (χ0) is 25.3. The number of benzene rings is 2. The predicted octanol–water partition coefficient (Wildman–Crippen LogP) is 2.97. The lowest BCUT2D eigenvalue weighted by atomic mass is 10.1. The molecule has 2 rings (SSSR count). The third kappa shape index (κ3) is 7.21. The average molecular weight is 490 g/mol. The van der Waals surface area contributed by atoms with Crippen molar-refractivity contribution in [2.75, 3.05) is 30.8 Å². The summed E-state index contributed by atoms with van der Waals surface area (Å²) in [6.45, 7) is 5.83. The van der Waals surface area contributed by atoms with Crippen molar-refractivity contribution in [3.63, 3.8) is 0 Å². The van der Waals surface area contributed by atoms with Crippen LogP contribution in [-0.2, 0) is 32.6 Å². The Labute approximate surface area is 202 Å². The normalized spacial score (nSPS) is 12.0. The number of hydrogen-bond acceptors (Lipinski definition) is 5. The highest BCUT2D eigenvalue weighted by Crippen LogP contribution is 2.21. The number of amides is 2. The summed E-state index contributed by atoms with van der Waals surface area (Å²) < 4.78 is 31.5. The number of methoxy groups -OCH3 is 1. The fourth-order valence-corrected chi connectivity index (χ4v) is 4.50. The van der Waals surface area contributed by atoms with Crippen LogP contribution in [0.15, 0.2) is 48.5 Å². The Morgan fingerprint density at radius 2 is 1.56 bits per heavy atom. The Bertz CT molecular complexity index is 1050. The lowest BCUT2D eigenvalue weighted by Gasteiger charge is -2.32. The minimum absolute atomic E-state index is 0.158. The number of aryl methyl sites for hydroxylation is 1. The second-order valence-corrected chi connectivity index (χ2v) is 9.88. The van der Waals surface area contributed by atoms with Gasteiger partial charge in [0.15, 0.2) is 0 Å². The second-order valence-electron chi connectivity index (χ2n) is 7.98. The van der Waals surface area contributed by atoms with E-state index in [-0.39, 0.29) is 12.5 Å². The van der Waals surface area contributed by atoms with Crippen LogP contribution < -0.4 is 14.4 Å². The Balaban J connectivity index is 2.40. The van der Waals surface area contributed by atoms with Crippen molar-refractivity contribution >= 4 is 27.5 Å². The van der Waals surface area contributed by atoms with E-state index in [0.29, 0.717) is 24.4 Å². The smallest absolute Gasteiger partial charge is 0.244 e. The summed E-state index contributed by atoms with van der Waals surface area (Å²) in [5.74, 6) is -0.0554. The van der Waals surface area contributed by atoms with E-state index in [1.807, 2.05) is 45.0 Å². The maximum Gasteiger partial charge on any atom is 0.244 e. The maximum atomic E-state index is 13.5. The summed E-state index contributed by atoms with van der Waals surface area (Å²) in [6.07, 6.45) is 2.28. The summed E-state index contributed by atoms with van der Waals surface area (Å²) >= 11 is 0. The zero-order valence-corrected chi connectivity index (χ0v) is 21.4. The maximum absolute atomic E-state index is 13.5. The van der Waals surface area contributed by atoms with Crippen LogP contribution in [0, 0.1) is 0 Å². The van der Waals surface area contributed by atoms with Gasteiger partial charge < -0.3 is 15.0 Å². The molecule has 186 valence electrons. The average Bonchev–Trinajstić information content (AvgIpc) is 2.82. The Morgan fingerprint density at radius 3 is 2.03 bits per heavy atom. The molecule has 1 atom stereocenters. The Kier molecular flexibility index (Phi) is 9.92. The van der Waals surface area contributed by atoms with Gasteiger partial charge >= 0.3 is 0 Å². The highest BCUT2D eigenvalue weighted by atomic mass is 32.2. The molecule has 2 aromatic rings. The van der Waals surface area contributed by atoms with Crippen LogP contribution in [0.25, 0.3) is 0 Å². The number of carbonyl (C=O) groups excluding carboxylic acids is 2. The van der Waals surface area contributed by atoms with E-state index in [9.17, 15) is 18.0 Å². The van der Waals surface area contributed by atoms with Gasteiger partial charge in [0.05, 0.1) is 19.1 Å². The lowest BCUT2D eigenvalue weighted by molar-refractivity contribution is -0.140. The van der Waals surface area contributed by atoms with Crippen molar-refractivity contribution in [1.29, 1.82) is 0 Å². The van der Waals surface area contributed by atoms with Gasteiger partial charge in [0.25, 0.3) is 0 Å². The summed E-state index contributed by atoms with van der Waals surface area (Å²) in [5.41, 5.74) is 2.27. The largest absolute Gasteiger partial charge is 0.497 e. The number of ether oxygens (including phenoxy) is 1. The number of likely N-dealkylation sites (N-methyl/N-ethyl adjacent to an activating group) is 1. The van der Waals surface area contributed by atoms with Crippen molar-refractivity contribution < 1.29 is 22.7 Å². The van der Waals surface area contributed by atoms with Crippen molar-refractivity contribution in [3.05, 3.63) is 59.7 Å². The van der Waals surface area contributed by atoms with Crippen molar-refractivity contribution in [3.8, 4) is 5.75 Å². The number of rotatable bonds is 12. The molecule has 0 aliphatic carbocycles. The molecule has 2 aromatic carbocycles. The molecule has 0 spiro atoms. The first-order valence-electron chi connectivity index (χ1n) is 11.4. The predicted molar refractivity (Wildman–Crippen MR) is 134 cm³/mol. The van der Waals surface area contributed by atoms with Crippen LogP contribution in [0.2, 0.25) is 0 Å². The van der Waals surface area contributed by atoms with E-state index >= 15 is 0 Å². The summed E-state index contributed by atoms with van der Waals surface area (Å²) in [6, 6.07) is 13.5. The molecular formula is C25H35N3O5S. The summed E-state index contributed by atoms with van der Waals surface area (Å²) in [4.78, 5) is 27.8. The SMILES string of the molecule is CCNC(=O)[C@@H](CC)N(Cc1ccc(OC)cc1)C(=O)CN(c1ccc(CC)cc1)S(C)(=O)=O. The number of nitrogens with one attached hydrogen (secondary N) is 1. The molecule has 0 aliphatic heterocycles. The molecule has 0 radical (unpaired) electrons. The third-order valence-electron chi connectivity index (χ3n) is 5.56. The quantitative estimate of drug-likeness (QED) is 0.495. The van der Waals surface area contributed by atoms with Crippen LogP contribution >= 0.6 is 0 Å². The molecule has 1 N–H and O–H groups in total. The van der Waals surface area contributed by atoms with Gasteiger partial charge in [-0.25, -0.2) is 8.42 Å². The molecule has 34 heavy (non-hydrogen) atoms. The van der Waals surface area contributed by atoms with E-state index in [0.717, 1.165) is 28.1 Å². The molecule has 9 heteroatoms. The molecule has 0 unspecified atom stereocenters. The molecular weight excluding hydrogens is 454 g/mol. The van der Waals surface area contributed by atoms with Crippen LogP contribution in [0.5, 0.6) is 5.75 Å². The number of hydrogen-bond donors (Lipinski definition) is 1. The molecule has 0 heterocycles. The van der Waals surface area contributed by atoms with Gasteiger partial charge in [-0.05, 0) is 55.2 Å². The third-order valence-corrected chi connectivity index (χ3v) is 6.70. The number of anilines is 1. The van der Waals surface area contributed by atoms with Crippen LogP contribution in [0.3, 0.4) is 0 Å². The lowest BCUT2D eigenvalue weighted by Crippen LogP contribution is -2.52. The topological polar surface area (TPSA) is 96.0 Å². The number of sulfonamides is 1. The monoisotopic (exact) mass is 489 g/mol.